The van der Waals surface area contributed by atoms with Gasteiger partial charge >= 0.3 is 0 Å². The number of aryl methyl sites for hydroxylation is 1. The summed E-state index contributed by atoms with van der Waals surface area (Å²) in [6.45, 7) is 1.89. The molecule has 1 aromatic rings. The maximum Gasteiger partial charge on any atom is 0.269 e. The van der Waals surface area contributed by atoms with E-state index in [0.717, 1.165) is 18.4 Å². The first-order valence-corrected chi connectivity index (χ1v) is 6.08. The van der Waals surface area contributed by atoms with Crippen LogP contribution in [0.5, 0.6) is 0 Å². The van der Waals surface area contributed by atoms with Gasteiger partial charge in [-0.2, -0.15) is 5.10 Å². The van der Waals surface area contributed by atoms with Crippen LogP contribution in [0.1, 0.15) is 54.6 Å². The topological polar surface area (TPSA) is 57.8 Å². The van der Waals surface area contributed by atoms with Crippen LogP contribution in [-0.4, -0.2) is 22.1 Å². The van der Waals surface area contributed by atoms with Crippen molar-refractivity contribution < 1.29 is 4.79 Å². The fraction of sp³-hybridized carbons (Fsp3) is 0.667. The molecule has 16 heavy (non-hydrogen) atoms. The molecule has 88 valence electrons. The van der Waals surface area contributed by atoms with Crippen molar-refractivity contribution in [1.82, 2.24) is 15.5 Å². The van der Waals surface area contributed by atoms with Crippen LogP contribution in [-0.2, 0) is 0 Å². The molecular formula is C12H19N3O. The molecular weight excluding hydrogens is 202 g/mol. The number of aromatic nitrogens is 2. The molecule has 1 aliphatic carbocycles. The molecule has 0 aliphatic heterocycles. The Morgan fingerprint density at radius 1 is 1.38 bits per heavy atom. The Kier molecular flexibility index (Phi) is 3.59. The molecule has 1 fully saturated rings. The highest BCUT2D eigenvalue weighted by molar-refractivity contribution is 5.93. The minimum atomic E-state index is -0.0121. The number of carbonyl (C=O) groups excluding carboxylic acids is 1. The molecule has 0 unspecified atom stereocenters. The summed E-state index contributed by atoms with van der Waals surface area (Å²) in [6.07, 6.45) is 8.96. The number of amides is 1. The van der Waals surface area contributed by atoms with Gasteiger partial charge < -0.3 is 5.32 Å². The Bertz CT molecular complexity index is 351. The van der Waals surface area contributed by atoms with Crippen molar-refractivity contribution in [3.8, 4) is 0 Å². The smallest absolute Gasteiger partial charge is 0.269 e. The number of nitrogens with one attached hydrogen (secondary N) is 2. The predicted octanol–water partition coefficient (Wildman–Crippen LogP) is 2.17. The number of H-pyrrole nitrogens is 1. The second-order valence-corrected chi connectivity index (χ2v) is 4.59. The molecule has 1 heterocycles. The van der Waals surface area contributed by atoms with Crippen molar-refractivity contribution >= 4 is 5.91 Å². The summed E-state index contributed by atoms with van der Waals surface area (Å²) >= 11 is 0. The molecule has 2 rings (SSSR count). The Morgan fingerprint density at radius 2 is 2.06 bits per heavy atom. The molecule has 2 N–H and O–H groups in total. The lowest BCUT2D eigenvalue weighted by Gasteiger charge is -2.15. The van der Waals surface area contributed by atoms with E-state index in [4.69, 9.17) is 0 Å². The zero-order chi connectivity index (χ0) is 11.4. The van der Waals surface area contributed by atoms with E-state index in [1.165, 1.54) is 25.7 Å². The van der Waals surface area contributed by atoms with Gasteiger partial charge in [0, 0.05) is 6.04 Å². The van der Waals surface area contributed by atoms with E-state index in [1.807, 2.05) is 6.92 Å². The fourth-order valence-corrected chi connectivity index (χ4v) is 2.26. The first-order valence-electron chi connectivity index (χ1n) is 6.08. The molecule has 1 aliphatic rings. The van der Waals surface area contributed by atoms with Gasteiger partial charge in [-0.1, -0.05) is 25.7 Å². The van der Waals surface area contributed by atoms with E-state index in [0.29, 0.717) is 11.7 Å². The standard InChI is InChI=1S/C12H19N3O/c1-9-8-13-15-11(9)12(16)14-10-6-4-2-3-5-7-10/h8,10H,2-7H2,1H3,(H,13,15)(H,14,16). The summed E-state index contributed by atoms with van der Waals surface area (Å²) in [6, 6.07) is 0.345. The SMILES string of the molecule is Cc1cn[nH]c1C(=O)NC1CCCCCC1. The molecule has 1 aromatic heterocycles. The zero-order valence-electron chi connectivity index (χ0n) is 9.75. The third kappa shape index (κ3) is 2.62. The van der Waals surface area contributed by atoms with Crippen molar-refractivity contribution in [1.29, 1.82) is 0 Å². The van der Waals surface area contributed by atoms with E-state index < -0.39 is 0 Å². The highest BCUT2D eigenvalue weighted by Gasteiger charge is 2.17. The first kappa shape index (κ1) is 11.2. The van der Waals surface area contributed by atoms with Crippen molar-refractivity contribution in [2.75, 3.05) is 0 Å². The molecule has 0 aromatic carbocycles. The van der Waals surface area contributed by atoms with Gasteiger partial charge in [-0.3, -0.25) is 9.89 Å². The molecule has 4 heteroatoms. The van der Waals surface area contributed by atoms with Crippen molar-refractivity contribution in [2.24, 2.45) is 0 Å². The van der Waals surface area contributed by atoms with E-state index in [1.54, 1.807) is 6.20 Å². The summed E-state index contributed by atoms with van der Waals surface area (Å²) < 4.78 is 0. The number of nitrogens with zero attached hydrogens (tertiary/aromatic N) is 1. The van der Waals surface area contributed by atoms with E-state index in [9.17, 15) is 4.79 Å². The maximum absolute atomic E-state index is 11.9. The average molecular weight is 221 g/mol. The monoisotopic (exact) mass is 221 g/mol. The van der Waals surface area contributed by atoms with Gasteiger partial charge in [0.05, 0.1) is 6.20 Å². The Hall–Kier alpha value is -1.32. The van der Waals surface area contributed by atoms with Gasteiger partial charge in [0.15, 0.2) is 0 Å². The molecule has 0 spiro atoms. The van der Waals surface area contributed by atoms with Crippen LogP contribution in [0.3, 0.4) is 0 Å². The predicted molar refractivity (Wildman–Crippen MR) is 62.3 cm³/mol. The van der Waals surface area contributed by atoms with Crippen LogP contribution in [0.25, 0.3) is 0 Å². The van der Waals surface area contributed by atoms with Crippen molar-refractivity contribution in [3.05, 3.63) is 17.5 Å². The third-order valence-corrected chi connectivity index (χ3v) is 3.25. The quantitative estimate of drug-likeness (QED) is 0.752. The second kappa shape index (κ2) is 5.14. The first-order chi connectivity index (χ1) is 7.77. The average Bonchev–Trinajstić information content (AvgIpc) is 2.53. The molecule has 0 radical (unpaired) electrons. The Balaban J connectivity index is 1.93. The molecule has 0 atom stereocenters. The van der Waals surface area contributed by atoms with Gasteiger partial charge in [0.1, 0.15) is 5.69 Å². The van der Waals surface area contributed by atoms with Crippen molar-refractivity contribution in [3.63, 3.8) is 0 Å². The van der Waals surface area contributed by atoms with Crippen LogP contribution in [0, 0.1) is 6.92 Å². The number of rotatable bonds is 2. The summed E-state index contributed by atoms with van der Waals surface area (Å²) in [5.41, 5.74) is 1.51. The van der Waals surface area contributed by atoms with Gasteiger partial charge in [0.25, 0.3) is 5.91 Å². The third-order valence-electron chi connectivity index (χ3n) is 3.25. The Labute approximate surface area is 95.8 Å². The normalized spacial score (nSPS) is 18.1. The van der Waals surface area contributed by atoms with Crippen LogP contribution in [0.15, 0.2) is 6.20 Å². The second-order valence-electron chi connectivity index (χ2n) is 4.59. The van der Waals surface area contributed by atoms with E-state index in [2.05, 4.69) is 15.5 Å². The summed E-state index contributed by atoms with van der Waals surface area (Å²) in [4.78, 5) is 11.9. The maximum atomic E-state index is 11.9. The molecule has 0 saturated heterocycles. The zero-order valence-corrected chi connectivity index (χ0v) is 9.75. The molecule has 0 bridgehead atoms. The summed E-state index contributed by atoms with van der Waals surface area (Å²) in [7, 11) is 0. The number of hydrogen-bond acceptors (Lipinski definition) is 2. The van der Waals surface area contributed by atoms with Gasteiger partial charge in [0.2, 0.25) is 0 Å². The Morgan fingerprint density at radius 3 is 2.62 bits per heavy atom. The van der Waals surface area contributed by atoms with Crippen molar-refractivity contribution in [2.45, 2.75) is 51.5 Å². The van der Waals surface area contributed by atoms with E-state index in [-0.39, 0.29) is 5.91 Å². The lowest BCUT2D eigenvalue weighted by molar-refractivity contribution is 0.0927. The number of aromatic amines is 1. The van der Waals surface area contributed by atoms with Gasteiger partial charge in [-0.05, 0) is 25.3 Å². The highest BCUT2D eigenvalue weighted by Crippen LogP contribution is 2.17. The summed E-state index contributed by atoms with van der Waals surface area (Å²) in [5.74, 6) is -0.0121. The highest BCUT2D eigenvalue weighted by atomic mass is 16.2. The lowest BCUT2D eigenvalue weighted by Crippen LogP contribution is -2.34. The molecule has 4 nitrogen and oxygen atoms in total. The summed E-state index contributed by atoms with van der Waals surface area (Å²) in [5, 5.41) is 9.71. The lowest BCUT2D eigenvalue weighted by atomic mass is 10.1. The van der Waals surface area contributed by atoms with Crippen LogP contribution in [0.4, 0.5) is 0 Å². The van der Waals surface area contributed by atoms with Gasteiger partial charge in [-0.25, -0.2) is 0 Å². The largest absolute Gasteiger partial charge is 0.348 e. The number of carbonyl (C=O) groups is 1. The number of hydrogen-bond donors (Lipinski definition) is 2. The van der Waals surface area contributed by atoms with Crippen LogP contribution < -0.4 is 5.32 Å². The minimum absolute atomic E-state index is 0.0121. The van der Waals surface area contributed by atoms with Crippen LogP contribution in [0.2, 0.25) is 0 Å². The molecule has 1 saturated carbocycles. The van der Waals surface area contributed by atoms with Crippen LogP contribution >= 0.6 is 0 Å². The van der Waals surface area contributed by atoms with Gasteiger partial charge in [-0.15, -0.1) is 0 Å². The van der Waals surface area contributed by atoms with E-state index >= 15 is 0 Å². The molecule has 1 amide bonds. The fourth-order valence-electron chi connectivity index (χ4n) is 2.26. The minimum Gasteiger partial charge on any atom is -0.348 e.